The number of nitrogens with one attached hydrogen (secondary N) is 2. The van der Waals surface area contributed by atoms with Gasteiger partial charge in [-0.25, -0.2) is 8.42 Å². The summed E-state index contributed by atoms with van der Waals surface area (Å²) in [6.07, 6.45) is 5.13. The molecule has 0 saturated heterocycles. The average Bonchev–Trinajstić information content (AvgIpc) is 2.97. The summed E-state index contributed by atoms with van der Waals surface area (Å²) >= 11 is 0. The normalized spacial score (nSPS) is 15.1. The SMILES string of the molecule is CC(=O)Nc1ccc(N(CC(=O)NC2CCCC2)S(C)(=O)=O)cc1. The Labute approximate surface area is 142 Å². The summed E-state index contributed by atoms with van der Waals surface area (Å²) < 4.78 is 25.2. The largest absolute Gasteiger partial charge is 0.352 e. The quantitative estimate of drug-likeness (QED) is 0.809. The number of nitrogens with zero attached hydrogens (tertiary/aromatic N) is 1. The van der Waals surface area contributed by atoms with E-state index in [0.29, 0.717) is 11.4 Å². The standard InChI is InChI=1S/C16H23N3O4S/c1-12(20)17-14-7-9-15(10-8-14)19(24(2,22)23)11-16(21)18-13-5-3-4-6-13/h7-10,13H,3-6,11H2,1-2H3,(H,17,20)(H,18,21). The fourth-order valence-electron chi connectivity index (χ4n) is 2.79. The van der Waals surface area contributed by atoms with Crippen LogP contribution < -0.4 is 14.9 Å². The first-order valence-electron chi connectivity index (χ1n) is 7.90. The Morgan fingerprint density at radius 1 is 1.17 bits per heavy atom. The van der Waals surface area contributed by atoms with Gasteiger partial charge in [-0.1, -0.05) is 12.8 Å². The molecular formula is C16H23N3O4S. The van der Waals surface area contributed by atoms with Crippen molar-refractivity contribution in [3.05, 3.63) is 24.3 Å². The third-order valence-corrected chi connectivity index (χ3v) is 5.02. The van der Waals surface area contributed by atoms with Crippen LogP contribution in [0.2, 0.25) is 0 Å². The first kappa shape index (κ1) is 18.3. The number of amides is 2. The molecule has 0 atom stereocenters. The van der Waals surface area contributed by atoms with Gasteiger partial charge in [-0.3, -0.25) is 13.9 Å². The minimum atomic E-state index is -3.60. The van der Waals surface area contributed by atoms with Crippen LogP contribution in [0.3, 0.4) is 0 Å². The molecule has 2 rings (SSSR count). The highest BCUT2D eigenvalue weighted by Gasteiger charge is 2.23. The molecule has 2 amide bonds. The number of hydrogen-bond donors (Lipinski definition) is 2. The molecule has 0 heterocycles. The first-order chi connectivity index (χ1) is 11.3. The zero-order valence-electron chi connectivity index (χ0n) is 13.9. The Kier molecular flexibility index (Phi) is 5.82. The number of rotatable bonds is 6. The van der Waals surface area contributed by atoms with Crippen LogP contribution in [-0.2, 0) is 19.6 Å². The number of benzene rings is 1. The predicted molar refractivity (Wildman–Crippen MR) is 93.3 cm³/mol. The maximum absolute atomic E-state index is 12.2. The molecular weight excluding hydrogens is 330 g/mol. The van der Waals surface area contributed by atoms with Gasteiger partial charge in [-0.2, -0.15) is 0 Å². The third-order valence-electron chi connectivity index (χ3n) is 3.88. The van der Waals surface area contributed by atoms with Crippen molar-refractivity contribution in [2.45, 2.75) is 38.6 Å². The summed E-state index contributed by atoms with van der Waals surface area (Å²) in [7, 11) is -3.60. The van der Waals surface area contributed by atoms with E-state index in [1.54, 1.807) is 24.3 Å². The van der Waals surface area contributed by atoms with Crippen LogP contribution in [0.25, 0.3) is 0 Å². The molecule has 7 nitrogen and oxygen atoms in total. The van der Waals surface area contributed by atoms with Crippen molar-refractivity contribution >= 4 is 33.2 Å². The van der Waals surface area contributed by atoms with E-state index in [-0.39, 0.29) is 24.4 Å². The van der Waals surface area contributed by atoms with Gasteiger partial charge in [0, 0.05) is 18.7 Å². The monoisotopic (exact) mass is 353 g/mol. The average molecular weight is 353 g/mol. The number of carbonyl (C=O) groups is 2. The molecule has 2 N–H and O–H groups in total. The van der Waals surface area contributed by atoms with Crippen LogP contribution in [0.15, 0.2) is 24.3 Å². The Balaban J connectivity index is 2.10. The number of carbonyl (C=O) groups excluding carboxylic acids is 2. The summed E-state index contributed by atoms with van der Waals surface area (Å²) in [5.41, 5.74) is 0.947. The van der Waals surface area contributed by atoms with Crippen LogP contribution in [0.1, 0.15) is 32.6 Å². The third kappa shape index (κ3) is 5.23. The van der Waals surface area contributed by atoms with Gasteiger partial charge in [0.15, 0.2) is 0 Å². The van der Waals surface area contributed by atoms with Gasteiger partial charge in [0.05, 0.1) is 11.9 Å². The predicted octanol–water partition coefficient (Wildman–Crippen LogP) is 1.47. The van der Waals surface area contributed by atoms with Gasteiger partial charge in [-0.15, -0.1) is 0 Å². The molecule has 0 spiro atoms. The zero-order valence-corrected chi connectivity index (χ0v) is 14.7. The second-order valence-corrected chi connectivity index (χ2v) is 7.95. The Hall–Kier alpha value is -2.09. The molecule has 0 aliphatic heterocycles. The van der Waals surface area contributed by atoms with E-state index in [1.807, 2.05) is 0 Å². The highest BCUT2D eigenvalue weighted by atomic mass is 32.2. The van der Waals surface area contributed by atoms with Crippen LogP contribution in [0, 0.1) is 0 Å². The molecule has 1 fully saturated rings. The lowest BCUT2D eigenvalue weighted by Crippen LogP contribution is -2.43. The van der Waals surface area contributed by atoms with E-state index >= 15 is 0 Å². The molecule has 1 aliphatic carbocycles. The van der Waals surface area contributed by atoms with Crippen molar-refractivity contribution in [3.8, 4) is 0 Å². The molecule has 1 aliphatic rings. The lowest BCUT2D eigenvalue weighted by Gasteiger charge is -2.23. The van der Waals surface area contributed by atoms with Gasteiger partial charge < -0.3 is 10.6 Å². The van der Waals surface area contributed by atoms with Crippen molar-refractivity contribution in [2.75, 3.05) is 22.4 Å². The number of hydrogen-bond acceptors (Lipinski definition) is 4. The highest BCUT2D eigenvalue weighted by molar-refractivity contribution is 7.92. The summed E-state index contributed by atoms with van der Waals surface area (Å²) in [5.74, 6) is -0.517. The molecule has 1 aromatic carbocycles. The lowest BCUT2D eigenvalue weighted by atomic mass is 10.2. The molecule has 0 radical (unpaired) electrons. The molecule has 0 unspecified atom stereocenters. The first-order valence-corrected chi connectivity index (χ1v) is 9.75. The van der Waals surface area contributed by atoms with E-state index < -0.39 is 10.0 Å². The van der Waals surface area contributed by atoms with E-state index in [1.165, 1.54) is 6.92 Å². The summed E-state index contributed by atoms with van der Waals surface area (Å²) in [5, 5.41) is 5.50. The van der Waals surface area contributed by atoms with Crippen LogP contribution in [-0.4, -0.2) is 39.1 Å². The molecule has 1 saturated carbocycles. The summed E-state index contributed by atoms with van der Waals surface area (Å²) in [4.78, 5) is 23.2. The van der Waals surface area contributed by atoms with Crippen LogP contribution in [0.5, 0.6) is 0 Å². The van der Waals surface area contributed by atoms with Crippen LogP contribution in [0.4, 0.5) is 11.4 Å². The Morgan fingerprint density at radius 3 is 2.25 bits per heavy atom. The summed E-state index contributed by atoms with van der Waals surface area (Å²) in [6.45, 7) is 1.14. The molecule has 132 valence electrons. The molecule has 0 bridgehead atoms. The smallest absolute Gasteiger partial charge is 0.240 e. The lowest BCUT2D eigenvalue weighted by molar-refractivity contribution is -0.120. The van der Waals surface area contributed by atoms with E-state index in [2.05, 4.69) is 10.6 Å². The topological polar surface area (TPSA) is 95.6 Å². The van der Waals surface area contributed by atoms with Gasteiger partial charge in [0.2, 0.25) is 21.8 Å². The minimum Gasteiger partial charge on any atom is -0.352 e. The van der Waals surface area contributed by atoms with Crippen molar-refractivity contribution in [3.63, 3.8) is 0 Å². The second kappa shape index (κ2) is 7.65. The van der Waals surface area contributed by atoms with E-state index in [9.17, 15) is 18.0 Å². The number of sulfonamides is 1. The fraction of sp³-hybridized carbons (Fsp3) is 0.500. The Bertz CT molecular complexity index is 695. The molecule has 24 heavy (non-hydrogen) atoms. The zero-order chi connectivity index (χ0) is 17.7. The highest BCUT2D eigenvalue weighted by Crippen LogP contribution is 2.21. The van der Waals surface area contributed by atoms with Gasteiger partial charge in [0.25, 0.3) is 0 Å². The van der Waals surface area contributed by atoms with E-state index in [4.69, 9.17) is 0 Å². The molecule has 8 heteroatoms. The number of anilines is 2. The van der Waals surface area contributed by atoms with Crippen LogP contribution >= 0.6 is 0 Å². The van der Waals surface area contributed by atoms with Gasteiger partial charge in [-0.05, 0) is 37.1 Å². The second-order valence-electron chi connectivity index (χ2n) is 6.05. The van der Waals surface area contributed by atoms with Gasteiger partial charge >= 0.3 is 0 Å². The molecule has 0 aromatic heterocycles. The maximum Gasteiger partial charge on any atom is 0.240 e. The van der Waals surface area contributed by atoms with Crippen molar-refractivity contribution in [2.24, 2.45) is 0 Å². The van der Waals surface area contributed by atoms with E-state index in [0.717, 1.165) is 36.2 Å². The maximum atomic E-state index is 12.2. The van der Waals surface area contributed by atoms with Crippen molar-refractivity contribution in [1.29, 1.82) is 0 Å². The van der Waals surface area contributed by atoms with Crippen molar-refractivity contribution < 1.29 is 18.0 Å². The summed E-state index contributed by atoms with van der Waals surface area (Å²) in [6, 6.07) is 6.47. The van der Waals surface area contributed by atoms with Crippen molar-refractivity contribution in [1.82, 2.24) is 5.32 Å². The van der Waals surface area contributed by atoms with Gasteiger partial charge in [0.1, 0.15) is 6.54 Å². The molecule has 1 aromatic rings. The minimum absolute atomic E-state index is 0.140. The fourth-order valence-corrected chi connectivity index (χ4v) is 3.64. The Morgan fingerprint density at radius 2 is 1.75 bits per heavy atom.